The smallest absolute Gasteiger partial charge is 0.348 e. The molecule has 0 aliphatic rings. The van der Waals surface area contributed by atoms with Gasteiger partial charge < -0.3 is 19.6 Å². The molecule has 1 atom stereocenters. The number of carbonyl (C=O) groups excluding carboxylic acids is 1. The summed E-state index contributed by atoms with van der Waals surface area (Å²) < 4.78 is 10.4. The minimum absolute atomic E-state index is 0.234. The van der Waals surface area contributed by atoms with E-state index in [1.807, 2.05) is 42.2 Å². The van der Waals surface area contributed by atoms with E-state index in [4.69, 9.17) is 9.47 Å². The summed E-state index contributed by atoms with van der Waals surface area (Å²) in [4.78, 5) is 35.4. The predicted molar refractivity (Wildman–Crippen MR) is 124 cm³/mol. The number of aliphatic hydroxyl groups is 1. The van der Waals surface area contributed by atoms with Gasteiger partial charge in [0.15, 0.2) is 0 Å². The van der Waals surface area contributed by atoms with Gasteiger partial charge in [0.25, 0.3) is 5.56 Å². The summed E-state index contributed by atoms with van der Waals surface area (Å²) >= 11 is 1.16. The quantitative estimate of drug-likeness (QED) is 0.425. The van der Waals surface area contributed by atoms with Crippen LogP contribution in [0.15, 0.2) is 35.1 Å². The van der Waals surface area contributed by atoms with Crippen molar-refractivity contribution in [1.82, 2.24) is 14.9 Å². The Morgan fingerprint density at radius 2 is 1.97 bits per heavy atom. The van der Waals surface area contributed by atoms with E-state index in [-0.39, 0.29) is 18.8 Å². The molecule has 8 nitrogen and oxygen atoms in total. The first kappa shape index (κ1) is 24.1. The lowest BCUT2D eigenvalue weighted by molar-refractivity contribution is 0.0175. The lowest BCUT2D eigenvalue weighted by Gasteiger charge is -2.24. The van der Waals surface area contributed by atoms with Gasteiger partial charge in [-0.1, -0.05) is 30.3 Å². The average Bonchev–Trinajstić information content (AvgIpc) is 3.10. The van der Waals surface area contributed by atoms with E-state index in [1.165, 1.54) is 0 Å². The van der Waals surface area contributed by atoms with Crippen molar-refractivity contribution in [3.63, 3.8) is 0 Å². The summed E-state index contributed by atoms with van der Waals surface area (Å²) in [5.41, 5.74) is 1.37. The number of carbonyl (C=O) groups is 1. The molecule has 0 bridgehead atoms. The second kappa shape index (κ2) is 11.3. The van der Waals surface area contributed by atoms with E-state index in [0.29, 0.717) is 52.7 Å². The molecular weight excluding hydrogens is 430 g/mol. The molecule has 0 radical (unpaired) electrons. The van der Waals surface area contributed by atoms with E-state index in [0.717, 1.165) is 16.9 Å². The molecule has 0 aliphatic carbocycles. The van der Waals surface area contributed by atoms with E-state index in [9.17, 15) is 14.7 Å². The number of aliphatic hydroxyl groups excluding tert-OH is 1. The number of benzene rings is 1. The largest absolute Gasteiger partial charge is 0.462 e. The highest BCUT2D eigenvalue weighted by atomic mass is 32.1. The van der Waals surface area contributed by atoms with E-state index in [1.54, 1.807) is 13.8 Å². The Kier molecular flexibility index (Phi) is 8.52. The second-order valence-corrected chi connectivity index (χ2v) is 8.44. The van der Waals surface area contributed by atoms with Gasteiger partial charge in [0.05, 0.1) is 31.2 Å². The van der Waals surface area contributed by atoms with Crippen LogP contribution in [0.2, 0.25) is 0 Å². The van der Waals surface area contributed by atoms with Gasteiger partial charge in [-0.15, -0.1) is 11.3 Å². The highest BCUT2D eigenvalue weighted by molar-refractivity contribution is 7.20. The molecule has 3 rings (SSSR count). The van der Waals surface area contributed by atoms with Crippen molar-refractivity contribution in [2.45, 2.75) is 40.0 Å². The maximum atomic E-state index is 12.8. The van der Waals surface area contributed by atoms with Gasteiger partial charge in [0.1, 0.15) is 15.5 Å². The normalized spacial score (nSPS) is 12.4. The number of aryl methyl sites for hydroxylation is 1. The van der Waals surface area contributed by atoms with Gasteiger partial charge in [-0.25, -0.2) is 9.78 Å². The lowest BCUT2D eigenvalue weighted by atomic mass is 10.2. The van der Waals surface area contributed by atoms with Crippen LogP contribution in [0.5, 0.6) is 0 Å². The van der Waals surface area contributed by atoms with Crippen molar-refractivity contribution in [3.8, 4) is 0 Å². The number of nitrogens with zero attached hydrogens (tertiary/aromatic N) is 2. The van der Waals surface area contributed by atoms with Crippen LogP contribution >= 0.6 is 11.3 Å². The number of thiophene rings is 1. The number of hydrogen-bond donors (Lipinski definition) is 2. The Morgan fingerprint density at radius 1 is 1.22 bits per heavy atom. The Morgan fingerprint density at radius 3 is 2.66 bits per heavy atom. The molecule has 0 amide bonds. The summed E-state index contributed by atoms with van der Waals surface area (Å²) in [6.07, 6.45) is -0.673. The fraction of sp³-hybridized carbons (Fsp3) is 0.435. The Bertz CT molecular complexity index is 1100. The van der Waals surface area contributed by atoms with Crippen molar-refractivity contribution in [2.75, 3.05) is 26.4 Å². The number of aromatic nitrogens is 2. The van der Waals surface area contributed by atoms with E-state index < -0.39 is 12.1 Å². The fourth-order valence-corrected chi connectivity index (χ4v) is 4.59. The maximum Gasteiger partial charge on any atom is 0.348 e. The third-order valence-electron chi connectivity index (χ3n) is 4.92. The first-order valence-electron chi connectivity index (χ1n) is 10.6. The zero-order valence-corrected chi connectivity index (χ0v) is 19.4. The topological polar surface area (TPSA) is 105 Å². The van der Waals surface area contributed by atoms with Crippen LogP contribution < -0.4 is 5.56 Å². The Balaban J connectivity index is 1.87. The van der Waals surface area contributed by atoms with Crippen molar-refractivity contribution in [3.05, 3.63) is 62.5 Å². The number of esters is 1. The summed E-state index contributed by atoms with van der Waals surface area (Å²) in [5.74, 6) is 0.0254. The van der Waals surface area contributed by atoms with Crippen LogP contribution in [0.3, 0.4) is 0 Å². The fourth-order valence-electron chi connectivity index (χ4n) is 3.50. The number of aromatic amines is 1. The Hall–Kier alpha value is -2.59. The van der Waals surface area contributed by atoms with Gasteiger partial charge in [-0.3, -0.25) is 9.69 Å². The van der Waals surface area contributed by atoms with Crippen LogP contribution in [-0.4, -0.2) is 58.4 Å². The first-order valence-corrected chi connectivity index (χ1v) is 11.5. The van der Waals surface area contributed by atoms with Gasteiger partial charge in [0.2, 0.25) is 0 Å². The molecule has 2 aromatic heterocycles. The molecule has 0 fully saturated rings. The third-order valence-corrected chi connectivity index (χ3v) is 6.08. The average molecular weight is 460 g/mol. The molecule has 1 unspecified atom stereocenters. The lowest BCUT2D eigenvalue weighted by Crippen LogP contribution is -2.35. The van der Waals surface area contributed by atoms with Crippen LogP contribution in [0.4, 0.5) is 0 Å². The monoisotopic (exact) mass is 459 g/mol. The molecule has 0 saturated heterocycles. The van der Waals surface area contributed by atoms with Crippen LogP contribution in [0.1, 0.15) is 40.5 Å². The van der Waals surface area contributed by atoms with Crippen molar-refractivity contribution in [2.24, 2.45) is 0 Å². The van der Waals surface area contributed by atoms with E-state index >= 15 is 0 Å². The molecule has 3 aromatic rings. The number of nitrogens with one attached hydrogen (secondary N) is 1. The molecule has 1 aromatic carbocycles. The summed E-state index contributed by atoms with van der Waals surface area (Å²) in [6.45, 7) is 7.64. The second-order valence-electron chi connectivity index (χ2n) is 7.44. The van der Waals surface area contributed by atoms with Gasteiger partial charge in [-0.05, 0) is 31.9 Å². The molecule has 0 spiro atoms. The molecule has 2 N–H and O–H groups in total. The summed E-state index contributed by atoms with van der Waals surface area (Å²) in [7, 11) is 0. The number of fused-ring (bicyclic) bond motifs is 1. The van der Waals surface area contributed by atoms with Crippen LogP contribution in [-0.2, 0) is 22.6 Å². The number of hydrogen-bond acceptors (Lipinski definition) is 8. The van der Waals surface area contributed by atoms with Crippen molar-refractivity contribution < 1.29 is 19.4 Å². The summed E-state index contributed by atoms with van der Waals surface area (Å²) in [6, 6.07) is 9.89. The van der Waals surface area contributed by atoms with Crippen molar-refractivity contribution in [1.29, 1.82) is 0 Å². The molecule has 9 heteroatoms. The number of H-pyrrole nitrogens is 1. The van der Waals surface area contributed by atoms with Gasteiger partial charge in [0, 0.05) is 19.7 Å². The zero-order chi connectivity index (χ0) is 23.1. The summed E-state index contributed by atoms with van der Waals surface area (Å²) in [5, 5.41) is 10.8. The molecule has 0 aliphatic heterocycles. The SMILES string of the molecule is CCOCC(O)CN(Cc1ccccc1)Cc1nc2sc(C(=O)OCC)c(C)c2c(=O)[nH]1. The highest BCUT2D eigenvalue weighted by Gasteiger charge is 2.21. The minimum atomic E-state index is -0.673. The maximum absolute atomic E-state index is 12.8. The third kappa shape index (κ3) is 6.01. The van der Waals surface area contributed by atoms with Gasteiger partial charge >= 0.3 is 5.97 Å². The van der Waals surface area contributed by atoms with Crippen LogP contribution in [0.25, 0.3) is 10.2 Å². The van der Waals surface area contributed by atoms with Crippen molar-refractivity contribution >= 4 is 27.5 Å². The minimum Gasteiger partial charge on any atom is -0.462 e. The molecule has 2 heterocycles. The Labute approximate surface area is 190 Å². The molecular formula is C23H29N3O5S. The molecule has 32 heavy (non-hydrogen) atoms. The standard InChI is InChI=1S/C23H29N3O5S/c1-4-30-14-17(27)12-26(11-16-9-7-6-8-10-16)13-18-24-21(28)19-15(3)20(23(29)31-5-2)32-22(19)25-18/h6-10,17,27H,4-5,11-14H2,1-3H3,(H,24,25,28). The van der Waals surface area contributed by atoms with Crippen LogP contribution in [0, 0.1) is 6.92 Å². The van der Waals surface area contributed by atoms with E-state index in [2.05, 4.69) is 9.97 Å². The highest BCUT2D eigenvalue weighted by Crippen LogP contribution is 2.27. The molecule has 172 valence electrons. The van der Waals surface area contributed by atoms with Gasteiger partial charge in [-0.2, -0.15) is 0 Å². The first-order chi connectivity index (χ1) is 15.4. The molecule has 0 saturated carbocycles. The predicted octanol–water partition coefficient (Wildman–Crippen LogP) is 2.87. The number of ether oxygens (including phenoxy) is 2. The number of rotatable bonds is 11. The zero-order valence-electron chi connectivity index (χ0n) is 18.6.